The van der Waals surface area contributed by atoms with Crippen molar-refractivity contribution in [1.82, 2.24) is 5.32 Å². The number of rotatable bonds is 3. The fourth-order valence-corrected chi connectivity index (χ4v) is 1.60. The van der Waals surface area contributed by atoms with Gasteiger partial charge in [0.05, 0.1) is 7.11 Å². The molecule has 1 aromatic rings. The van der Waals surface area contributed by atoms with Crippen molar-refractivity contribution in [3.63, 3.8) is 0 Å². The van der Waals surface area contributed by atoms with Gasteiger partial charge in [-0.05, 0) is 17.7 Å². The molecule has 86 valence electrons. The van der Waals surface area contributed by atoms with Crippen LogP contribution in [0.2, 0.25) is 0 Å². The molecule has 0 spiro atoms. The molecule has 1 aliphatic rings. The Hall–Kier alpha value is -1.59. The fraction of sp³-hybridized carbons (Fsp3) is 0.364. The van der Waals surface area contributed by atoms with E-state index in [-0.39, 0.29) is 6.23 Å². The Morgan fingerprint density at radius 3 is 2.69 bits per heavy atom. The van der Waals surface area contributed by atoms with Gasteiger partial charge in [0.25, 0.3) is 0 Å². The van der Waals surface area contributed by atoms with Gasteiger partial charge in [-0.3, -0.25) is 5.32 Å². The van der Waals surface area contributed by atoms with Gasteiger partial charge in [0.1, 0.15) is 12.0 Å². The van der Waals surface area contributed by atoms with Crippen LogP contribution in [0.1, 0.15) is 11.8 Å². The average molecular weight is 223 g/mol. The lowest BCUT2D eigenvalue weighted by atomic mass is 10.2. The molecule has 0 bridgehead atoms. The monoisotopic (exact) mass is 223 g/mol. The van der Waals surface area contributed by atoms with Crippen molar-refractivity contribution in [1.29, 1.82) is 0 Å². The zero-order valence-electron chi connectivity index (χ0n) is 8.84. The predicted molar refractivity (Wildman–Crippen MR) is 56.2 cm³/mol. The molecular formula is C11H13NO4. The Morgan fingerprint density at radius 1 is 1.50 bits per heavy atom. The molecule has 0 amide bonds. The molecule has 1 fully saturated rings. The Kier molecular flexibility index (Phi) is 3.07. The van der Waals surface area contributed by atoms with Crippen molar-refractivity contribution in [3.05, 3.63) is 29.8 Å². The molecular weight excluding hydrogens is 210 g/mol. The van der Waals surface area contributed by atoms with Crippen LogP contribution in [-0.2, 0) is 9.53 Å². The van der Waals surface area contributed by atoms with Crippen LogP contribution in [0.3, 0.4) is 0 Å². The Bertz CT molecular complexity index is 376. The molecule has 2 N–H and O–H groups in total. The SMILES string of the molecule is COc1ccc(C2NCC(C(=O)O)O2)cc1. The predicted octanol–water partition coefficient (Wildman–Crippen LogP) is 0.767. The van der Waals surface area contributed by atoms with Crippen LogP contribution in [0.15, 0.2) is 24.3 Å². The van der Waals surface area contributed by atoms with Crippen LogP contribution in [0, 0.1) is 0 Å². The number of nitrogens with one attached hydrogen (secondary N) is 1. The molecule has 5 heteroatoms. The average Bonchev–Trinajstić information content (AvgIpc) is 2.78. The first-order valence-electron chi connectivity index (χ1n) is 4.96. The van der Waals surface area contributed by atoms with E-state index < -0.39 is 12.1 Å². The highest BCUT2D eigenvalue weighted by Crippen LogP contribution is 2.23. The van der Waals surface area contributed by atoms with E-state index in [9.17, 15) is 4.79 Å². The Balaban J connectivity index is 2.05. The third-order valence-corrected chi connectivity index (χ3v) is 2.48. The number of carboxylic acid groups (broad SMARTS) is 1. The lowest BCUT2D eigenvalue weighted by Gasteiger charge is -2.11. The standard InChI is InChI=1S/C11H13NO4/c1-15-8-4-2-7(3-5-8)10-12-6-9(16-10)11(13)14/h2-5,9-10,12H,6H2,1H3,(H,13,14). The van der Waals surface area contributed by atoms with E-state index in [0.717, 1.165) is 11.3 Å². The first kappa shape index (κ1) is 10.9. The van der Waals surface area contributed by atoms with Crippen LogP contribution in [-0.4, -0.2) is 30.8 Å². The van der Waals surface area contributed by atoms with Crippen molar-refractivity contribution >= 4 is 5.97 Å². The molecule has 1 heterocycles. The highest BCUT2D eigenvalue weighted by Gasteiger charge is 2.30. The summed E-state index contributed by atoms with van der Waals surface area (Å²) in [6.07, 6.45) is -1.13. The number of carboxylic acids is 1. The first-order valence-corrected chi connectivity index (χ1v) is 4.96. The van der Waals surface area contributed by atoms with Gasteiger partial charge in [-0.1, -0.05) is 12.1 Å². The molecule has 1 saturated heterocycles. The normalized spacial score (nSPS) is 24.3. The lowest BCUT2D eigenvalue weighted by Crippen LogP contribution is -2.23. The number of benzene rings is 1. The van der Waals surface area contributed by atoms with E-state index in [1.807, 2.05) is 24.3 Å². The molecule has 0 aromatic heterocycles. The number of hydrogen-bond acceptors (Lipinski definition) is 4. The van der Waals surface area contributed by atoms with Gasteiger partial charge < -0.3 is 14.6 Å². The number of hydrogen-bond donors (Lipinski definition) is 2. The summed E-state index contributed by atoms with van der Waals surface area (Å²) in [5, 5.41) is 11.8. The van der Waals surface area contributed by atoms with Crippen molar-refractivity contribution in [2.75, 3.05) is 13.7 Å². The van der Waals surface area contributed by atoms with Gasteiger partial charge in [-0.25, -0.2) is 4.79 Å². The lowest BCUT2D eigenvalue weighted by molar-refractivity contribution is -0.148. The van der Waals surface area contributed by atoms with E-state index in [2.05, 4.69) is 5.32 Å². The summed E-state index contributed by atoms with van der Waals surface area (Å²) in [6.45, 7) is 0.325. The number of aliphatic carboxylic acids is 1. The first-order chi connectivity index (χ1) is 7.70. The maximum Gasteiger partial charge on any atom is 0.334 e. The van der Waals surface area contributed by atoms with Gasteiger partial charge >= 0.3 is 5.97 Å². The Morgan fingerprint density at radius 2 is 2.19 bits per heavy atom. The summed E-state index contributed by atoms with van der Waals surface area (Å²) in [6, 6.07) is 7.32. The van der Waals surface area contributed by atoms with Crippen molar-refractivity contribution < 1.29 is 19.4 Å². The second-order valence-electron chi connectivity index (χ2n) is 3.52. The van der Waals surface area contributed by atoms with Gasteiger partial charge in [-0.2, -0.15) is 0 Å². The van der Waals surface area contributed by atoms with E-state index in [4.69, 9.17) is 14.6 Å². The van der Waals surface area contributed by atoms with Crippen molar-refractivity contribution in [2.45, 2.75) is 12.3 Å². The third kappa shape index (κ3) is 2.15. The van der Waals surface area contributed by atoms with Crippen molar-refractivity contribution in [3.8, 4) is 5.75 Å². The Labute approximate surface area is 93.0 Å². The fourth-order valence-electron chi connectivity index (χ4n) is 1.60. The highest BCUT2D eigenvalue weighted by atomic mass is 16.5. The van der Waals surface area contributed by atoms with E-state index in [0.29, 0.717) is 6.54 Å². The van der Waals surface area contributed by atoms with Crippen LogP contribution in [0.25, 0.3) is 0 Å². The van der Waals surface area contributed by atoms with Gasteiger partial charge in [0, 0.05) is 6.54 Å². The molecule has 2 rings (SSSR count). The molecule has 16 heavy (non-hydrogen) atoms. The molecule has 0 saturated carbocycles. The second-order valence-corrected chi connectivity index (χ2v) is 3.52. The zero-order chi connectivity index (χ0) is 11.5. The van der Waals surface area contributed by atoms with Gasteiger partial charge in [0.15, 0.2) is 6.10 Å². The van der Waals surface area contributed by atoms with Gasteiger partial charge in [-0.15, -0.1) is 0 Å². The van der Waals surface area contributed by atoms with E-state index in [1.54, 1.807) is 7.11 Å². The molecule has 1 aromatic carbocycles. The minimum Gasteiger partial charge on any atom is -0.497 e. The summed E-state index contributed by atoms with van der Waals surface area (Å²) >= 11 is 0. The van der Waals surface area contributed by atoms with E-state index >= 15 is 0 Å². The van der Waals surface area contributed by atoms with E-state index in [1.165, 1.54) is 0 Å². The highest BCUT2D eigenvalue weighted by molar-refractivity contribution is 5.73. The topological polar surface area (TPSA) is 67.8 Å². The molecule has 5 nitrogen and oxygen atoms in total. The summed E-state index contributed by atoms with van der Waals surface area (Å²) in [5.41, 5.74) is 0.893. The maximum absolute atomic E-state index is 10.7. The van der Waals surface area contributed by atoms with Crippen LogP contribution < -0.4 is 10.1 Å². The molecule has 0 aliphatic carbocycles. The smallest absolute Gasteiger partial charge is 0.334 e. The van der Waals surface area contributed by atoms with Crippen molar-refractivity contribution in [2.24, 2.45) is 0 Å². The number of methoxy groups -OCH3 is 1. The minimum absolute atomic E-state index is 0.325. The third-order valence-electron chi connectivity index (χ3n) is 2.48. The van der Waals surface area contributed by atoms with Crippen LogP contribution in [0.4, 0.5) is 0 Å². The zero-order valence-corrected chi connectivity index (χ0v) is 8.84. The van der Waals surface area contributed by atoms with Crippen LogP contribution >= 0.6 is 0 Å². The molecule has 2 atom stereocenters. The molecule has 0 radical (unpaired) electrons. The summed E-state index contributed by atoms with van der Waals surface area (Å²) in [7, 11) is 1.60. The van der Waals surface area contributed by atoms with Crippen LogP contribution in [0.5, 0.6) is 5.75 Å². The molecule has 1 aliphatic heterocycles. The van der Waals surface area contributed by atoms with Gasteiger partial charge in [0.2, 0.25) is 0 Å². The summed E-state index contributed by atoms with van der Waals surface area (Å²) in [5.74, 6) is -0.181. The summed E-state index contributed by atoms with van der Waals surface area (Å²) in [4.78, 5) is 10.7. The number of ether oxygens (including phenoxy) is 2. The second kappa shape index (κ2) is 4.51. The quantitative estimate of drug-likeness (QED) is 0.792. The summed E-state index contributed by atoms with van der Waals surface area (Å²) < 4.78 is 10.4. The largest absolute Gasteiger partial charge is 0.497 e. The maximum atomic E-state index is 10.7. The minimum atomic E-state index is -0.941. The number of carbonyl (C=O) groups is 1. The molecule has 2 unspecified atom stereocenters.